The molecule has 0 radical (unpaired) electrons. The fourth-order valence-corrected chi connectivity index (χ4v) is 4.82. The van der Waals surface area contributed by atoms with Gasteiger partial charge in [-0.3, -0.25) is 4.79 Å². The van der Waals surface area contributed by atoms with Gasteiger partial charge in [-0.05, 0) is 44.4 Å². The van der Waals surface area contributed by atoms with E-state index in [0.29, 0.717) is 47.2 Å². The molecule has 0 spiro atoms. The Kier molecular flexibility index (Phi) is 6.72. The highest BCUT2D eigenvalue weighted by Crippen LogP contribution is 2.32. The summed E-state index contributed by atoms with van der Waals surface area (Å²) in [5, 5.41) is 9.32. The summed E-state index contributed by atoms with van der Waals surface area (Å²) in [6, 6.07) is 2.93. The van der Waals surface area contributed by atoms with Crippen molar-refractivity contribution in [3.63, 3.8) is 0 Å². The average Bonchev–Trinajstić information content (AvgIpc) is 3.54. The Hall–Kier alpha value is -1.64. The average molecular weight is 423 g/mol. The molecule has 2 aliphatic carbocycles. The number of aliphatic hydroxyl groups excluding tert-OH is 1. The maximum absolute atomic E-state index is 14.4. The smallest absolute Gasteiger partial charge is 0.261 e. The van der Waals surface area contributed by atoms with Crippen LogP contribution in [0.4, 0.5) is 4.39 Å². The number of halogens is 1. The Bertz CT molecular complexity index is 894. The van der Waals surface area contributed by atoms with Gasteiger partial charge in [0, 0.05) is 17.4 Å². The minimum atomic E-state index is -0.595. The zero-order chi connectivity index (χ0) is 20.2. The van der Waals surface area contributed by atoms with Crippen LogP contribution in [0.5, 0.6) is 5.75 Å². The van der Waals surface area contributed by atoms with Crippen molar-refractivity contribution in [2.24, 2.45) is 5.92 Å². The SMILES string of the molecule is O=c1[nH]c(CS[C@H]2CC[C@H](OCCO)CC2)nc2cc(OCC3CC3)cc(F)c12. The van der Waals surface area contributed by atoms with Crippen molar-refractivity contribution >= 4 is 22.7 Å². The molecule has 1 aromatic carbocycles. The predicted molar refractivity (Wildman–Crippen MR) is 111 cm³/mol. The number of ether oxygens (including phenoxy) is 2. The van der Waals surface area contributed by atoms with Crippen LogP contribution in [-0.4, -0.2) is 46.2 Å². The lowest BCUT2D eigenvalue weighted by atomic mass is 9.97. The number of H-pyrrole nitrogens is 1. The molecular formula is C21H27FN2O4S. The van der Waals surface area contributed by atoms with Crippen molar-refractivity contribution in [1.82, 2.24) is 9.97 Å². The maximum Gasteiger partial charge on any atom is 0.261 e. The molecule has 2 N–H and O–H groups in total. The van der Waals surface area contributed by atoms with E-state index >= 15 is 0 Å². The second-order valence-corrected chi connectivity index (χ2v) is 9.16. The molecule has 2 aromatic rings. The number of rotatable bonds is 9. The molecule has 2 saturated carbocycles. The molecule has 6 nitrogen and oxygen atoms in total. The number of hydrogen-bond donors (Lipinski definition) is 2. The number of thioether (sulfide) groups is 1. The third-order valence-electron chi connectivity index (χ3n) is 5.49. The highest BCUT2D eigenvalue weighted by molar-refractivity contribution is 7.99. The van der Waals surface area contributed by atoms with E-state index in [0.717, 1.165) is 38.5 Å². The highest BCUT2D eigenvalue weighted by atomic mass is 32.2. The van der Waals surface area contributed by atoms with E-state index in [2.05, 4.69) is 9.97 Å². The number of nitrogens with zero attached hydrogens (tertiary/aromatic N) is 1. The second-order valence-electron chi connectivity index (χ2n) is 7.87. The number of nitrogens with one attached hydrogen (secondary N) is 1. The Balaban J connectivity index is 1.39. The van der Waals surface area contributed by atoms with Crippen LogP contribution in [-0.2, 0) is 10.5 Å². The molecule has 158 valence electrons. The lowest BCUT2D eigenvalue weighted by Crippen LogP contribution is -2.24. The molecule has 2 aliphatic rings. The van der Waals surface area contributed by atoms with Gasteiger partial charge in [-0.25, -0.2) is 9.37 Å². The number of aromatic amines is 1. The molecule has 4 rings (SSSR count). The van der Waals surface area contributed by atoms with E-state index in [9.17, 15) is 9.18 Å². The second kappa shape index (κ2) is 9.45. The first kappa shape index (κ1) is 20.6. The van der Waals surface area contributed by atoms with Crippen molar-refractivity contribution in [2.45, 2.75) is 55.6 Å². The van der Waals surface area contributed by atoms with Gasteiger partial charge < -0.3 is 19.6 Å². The summed E-state index contributed by atoms with van der Waals surface area (Å²) in [5.74, 6) is 1.54. The quantitative estimate of drug-likeness (QED) is 0.644. The molecule has 2 fully saturated rings. The van der Waals surface area contributed by atoms with Crippen molar-refractivity contribution in [3.8, 4) is 5.75 Å². The van der Waals surface area contributed by atoms with Crippen molar-refractivity contribution in [1.29, 1.82) is 0 Å². The van der Waals surface area contributed by atoms with Gasteiger partial charge in [0.25, 0.3) is 5.56 Å². The monoisotopic (exact) mass is 422 g/mol. The van der Waals surface area contributed by atoms with Gasteiger partial charge in [0.2, 0.25) is 0 Å². The van der Waals surface area contributed by atoms with Crippen molar-refractivity contribution in [2.75, 3.05) is 19.8 Å². The fourth-order valence-electron chi connectivity index (χ4n) is 3.68. The van der Waals surface area contributed by atoms with Crippen LogP contribution in [0.1, 0.15) is 44.3 Å². The molecule has 1 aromatic heterocycles. The topological polar surface area (TPSA) is 84.4 Å². The summed E-state index contributed by atoms with van der Waals surface area (Å²) in [6.07, 6.45) is 6.57. The van der Waals surface area contributed by atoms with Crippen LogP contribution >= 0.6 is 11.8 Å². The van der Waals surface area contributed by atoms with E-state index in [-0.39, 0.29) is 18.1 Å². The standard InChI is InChI=1S/C21H27FN2O4S/c22-17-9-15(28-11-13-1-2-13)10-18-20(17)21(26)24-19(23-18)12-29-16-5-3-14(4-6-16)27-8-7-25/h9-10,13-14,16,25H,1-8,11-12H2,(H,23,24,26)/t14-,16-. The van der Waals surface area contributed by atoms with Crippen LogP contribution in [0.15, 0.2) is 16.9 Å². The molecule has 0 atom stereocenters. The summed E-state index contributed by atoms with van der Waals surface area (Å²) in [7, 11) is 0. The molecule has 8 heteroatoms. The summed E-state index contributed by atoms with van der Waals surface area (Å²) in [6.45, 7) is 1.04. The fraction of sp³-hybridized carbons (Fsp3) is 0.619. The number of benzene rings is 1. The maximum atomic E-state index is 14.4. The zero-order valence-electron chi connectivity index (χ0n) is 16.4. The van der Waals surface area contributed by atoms with Gasteiger partial charge in [0.05, 0.1) is 37.2 Å². The molecule has 29 heavy (non-hydrogen) atoms. The first-order valence-electron chi connectivity index (χ1n) is 10.3. The lowest BCUT2D eigenvalue weighted by molar-refractivity contribution is 0.00967. The third-order valence-corrected chi connectivity index (χ3v) is 6.87. The Morgan fingerprint density at radius 2 is 2.00 bits per heavy atom. The normalized spacial score (nSPS) is 22.1. The van der Waals surface area contributed by atoms with Crippen LogP contribution in [0, 0.1) is 11.7 Å². The first-order chi connectivity index (χ1) is 14.1. The van der Waals surface area contributed by atoms with Crippen LogP contribution in [0.3, 0.4) is 0 Å². The predicted octanol–water partition coefficient (Wildman–Crippen LogP) is 3.40. The Labute approximate surface area is 173 Å². The zero-order valence-corrected chi connectivity index (χ0v) is 17.2. The van der Waals surface area contributed by atoms with E-state index in [1.54, 1.807) is 17.8 Å². The summed E-state index contributed by atoms with van der Waals surface area (Å²) < 4.78 is 25.7. The molecular weight excluding hydrogens is 395 g/mol. The minimum Gasteiger partial charge on any atom is -0.493 e. The minimum absolute atomic E-state index is 0.0148. The first-order valence-corrected chi connectivity index (χ1v) is 11.4. The number of aromatic nitrogens is 2. The van der Waals surface area contributed by atoms with Crippen molar-refractivity contribution in [3.05, 3.63) is 34.1 Å². The van der Waals surface area contributed by atoms with Gasteiger partial charge in [-0.1, -0.05) is 0 Å². The van der Waals surface area contributed by atoms with E-state index < -0.39 is 11.4 Å². The molecule has 0 unspecified atom stereocenters. The highest BCUT2D eigenvalue weighted by Gasteiger charge is 2.23. The van der Waals surface area contributed by atoms with Crippen LogP contribution in [0.25, 0.3) is 10.9 Å². The van der Waals surface area contributed by atoms with E-state index in [1.807, 2.05) is 0 Å². The largest absolute Gasteiger partial charge is 0.493 e. The third kappa shape index (κ3) is 5.49. The molecule has 0 amide bonds. The van der Waals surface area contributed by atoms with Gasteiger partial charge in [0.1, 0.15) is 22.8 Å². The van der Waals surface area contributed by atoms with Crippen LogP contribution < -0.4 is 10.3 Å². The number of aliphatic hydroxyl groups is 1. The van der Waals surface area contributed by atoms with E-state index in [4.69, 9.17) is 14.6 Å². The van der Waals surface area contributed by atoms with Gasteiger partial charge in [-0.15, -0.1) is 0 Å². The van der Waals surface area contributed by atoms with Gasteiger partial charge in [-0.2, -0.15) is 11.8 Å². The van der Waals surface area contributed by atoms with Crippen LogP contribution in [0.2, 0.25) is 0 Å². The van der Waals surface area contributed by atoms with Gasteiger partial charge in [0.15, 0.2) is 0 Å². The summed E-state index contributed by atoms with van der Waals surface area (Å²) in [5.41, 5.74) is -0.103. The molecule has 0 saturated heterocycles. The Morgan fingerprint density at radius 1 is 1.21 bits per heavy atom. The lowest BCUT2D eigenvalue weighted by Gasteiger charge is -2.27. The number of hydrogen-bond acceptors (Lipinski definition) is 6. The Morgan fingerprint density at radius 3 is 2.72 bits per heavy atom. The summed E-state index contributed by atoms with van der Waals surface area (Å²) in [4.78, 5) is 19.6. The molecule has 0 bridgehead atoms. The molecule has 1 heterocycles. The van der Waals surface area contributed by atoms with Gasteiger partial charge >= 0.3 is 0 Å². The van der Waals surface area contributed by atoms with E-state index in [1.165, 1.54) is 6.07 Å². The molecule has 0 aliphatic heterocycles. The number of fused-ring (bicyclic) bond motifs is 1. The van der Waals surface area contributed by atoms with Crippen molar-refractivity contribution < 1.29 is 19.0 Å². The summed E-state index contributed by atoms with van der Waals surface area (Å²) >= 11 is 1.76.